The molecule has 1 aliphatic heterocycles. The lowest BCUT2D eigenvalue weighted by molar-refractivity contribution is -0.275. The maximum atomic E-state index is 13.5. The Kier molecular flexibility index (Phi) is 5.72. The van der Waals surface area contributed by atoms with Crippen molar-refractivity contribution in [2.45, 2.75) is 24.4 Å². The maximum absolute atomic E-state index is 13.5. The largest absolute Gasteiger partial charge is 0.455 e. The minimum Gasteiger partial charge on any atom is -0.383 e. The fraction of sp³-hybridized carbons (Fsp3) is 0.227. The van der Waals surface area contributed by atoms with Crippen molar-refractivity contribution in [1.82, 2.24) is 24.3 Å². The molecular weight excluding hydrogens is 614 g/mol. The van der Waals surface area contributed by atoms with E-state index in [1.807, 2.05) is 17.4 Å². The Morgan fingerprint density at radius 1 is 1.14 bits per heavy atom. The maximum Gasteiger partial charge on any atom is 0.455 e. The number of imidazole rings is 1. The van der Waals surface area contributed by atoms with E-state index in [4.69, 9.17) is 5.73 Å². The van der Waals surface area contributed by atoms with Crippen LogP contribution in [0.25, 0.3) is 17.2 Å². The van der Waals surface area contributed by atoms with Crippen molar-refractivity contribution in [3.8, 4) is 11.5 Å². The molecule has 0 saturated carbocycles. The second-order valence-corrected chi connectivity index (χ2v) is 9.68. The number of hydrogen-bond acceptors (Lipinski definition) is 7. The molecule has 0 spiro atoms. The fourth-order valence-electron chi connectivity index (χ4n) is 4.03. The lowest BCUT2D eigenvalue weighted by Gasteiger charge is -2.23. The van der Waals surface area contributed by atoms with E-state index in [1.54, 1.807) is 19.1 Å². The van der Waals surface area contributed by atoms with Gasteiger partial charge in [0.15, 0.2) is 17.3 Å². The summed E-state index contributed by atoms with van der Waals surface area (Å²) >= 11 is 2.14. The second kappa shape index (κ2) is 8.46. The SMILES string of the molecule is CC1(c2ccc(I)cc2)C(=O)Nc2nc(-c3cn4ccnc4c(NCC(F)(F)C(F)(F)F)n3)nc(N)c21. The van der Waals surface area contributed by atoms with Gasteiger partial charge in [0.25, 0.3) is 0 Å². The first-order chi connectivity index (χ1) is 17.3. The number of benzene rings is 1. The molecule has 192 valence electrons. The van der Waals surface area contributed by atoms with Gasteiger partial charge in [-0.1, -0.05) is 12.1 Å². The van der Waals surface area contributed by atoms with Crippen LogP contribution in [-0.2, 0) is 10.2 Å². The number of hydrogen-bond donors (Lipinski definition) is 3. The summed E-state index contributed by atoms with van der Waals surface area (Å²) in [7, 11) is 0. The molecule has 1 atom stereocenters. The number of rotatable bonds is 5. The molecule has 0 saturated heterocycles. The number of nitrogen functional groups attached to an aromatic ring is 1. The number of halogens is 6. The molecule has 1 aliphatic rings. The van der Waals surface area contributed by atoms with E-state index >= 15 is 0 Å². The Morgan fingerprint density at radius 2 is 1.84 bits per heavy atom. The summed E-state index contributed by atoms with van der Waals surface area (Å²) < 4.78 is 67.3. The summed E-state index contributed by atoms with van der Waals surface area (Å²) in [5.41, 5.74) is 6.13. The molecule has 9 nitrogen and oxygen atoms in total. The Labute approximate surface area is 218 Å². The van der Waals surface area contributed by atoms with Crippen LogP contribution in [0.4, 0.5) is 39.4 Å². The number of alkyl halides is 5. The van der Waals surface area contributed by atoms with Gasteiger partial charge in [-0.05, 0) is 47.2 Å². The molecule has 4 aromatic rings. The number of nitrogens with two attached hydrogens (primary N) is 1. The summed E-state index contributed by atoms with van der Waals surface area (Å²) in [6.07, 6.45) is -1.58. The van der Waals surface area contributed by atoms with Crippen molar-refractivity contribution < 1.29 is 26.7 Å². The molecule has 4 heterocycles. The van der Waals surface area contributed by atoms with E-state index in [1.165, 1.54) is 23.0 Å². The van der Waals surface area contributed by atoms with Crippen LogP contribution in [0.5, 0.6) is 0 Å². The van der Waals surface area contributed by atoms with Crippen LogP contribution in [0.2, 0.25) is 0 Å². The van der Waals surface area contributed by atoms with Crippen molar-refractivity contribution in [2.75, 3.05) is 22.9 Å². The standard InChI is InChI=1S/C22H16F5IN8O/c1-20(10-2-4-11(28)5-3-10)13-14(29)33-15(34-16(13)35-19(20)37)12-8-36-7-6-30-18(36)17(32-12)31-9-21(23,24)22(25,26)27/h2-8H,9H2,1H3,(H,31,32)(H3,29,33,34,35,37). The van der Waals surface area contributed by atoms with Crippen molar-refractivity contribution >= 4 is 51.6 Å². The molecule has 37 heavy (non-hydrogen) atoms. The van der Waals surface area contributed by atoms with Crippen molar-refractivity contribution in [1.29, 1.82) is 0 Å². The minimum atomic E-state index is -5.75. The molecule has 0 bridgehead atoms. The quantitative estimate of drug-likeness (QED) is 0.223. The smallest absolute Gasteiger partial charge is 0.383 e. The predicted molar refractivity (Wildman–Crippen MR) is 132 cm³/mol. The zero-order valence-corrected chi connectivity index (χ0v) is 20.9. The van der Waals surface area contributed by atoms with Gasteiger partial charge in [0.1, 0.15) is 22.7 Å². The normalized spacial score (nSPS) is 17.6. The highest BCUT2D eigenvalue weighted by molar-refractivity contribution is 14.1. The number of nitrogens with one attached hydrogen (secondary N) is 2. The van der Waals surface area contributed by atoms with Crippen LogP contribution in [0, 0.1) is 3.57 Å². The number of anilines is 3. The highest BCUT2D eigenvalue weighted by Gasteiger charge is 2.57. The van der Waals surface area contributed by atoms with Gasteiger partial charge in [-0.25, -0.2) is 19.9 Å². The fourth-order valence-corrected chi connectivity index (χ4v) is 4.39. The number of nitrogens with zero attached hydrogens (tertiary/aromatic N) is 5. The molecule has 4 N–H and O–H groups in total. The number of amides is 1. The molecule has 1 aromatic carbocycles. The average Bonchev–Trinajstić information content (AvgIpc) is 3.40. The predicted octanol–water partition coefficient (Wildman–Crippen LogP) is 4.24. The summed E-state index contributed by atoms with van der Waals surface area (Å²) in [5, 5.41) is 4.72. The lowest BCUT2D eigenvalue weighted by atomic mass is 9.78. The van der Waals surface area contributed by atoms with E-state index < -0.39 is 24.1 Å². The van der Waals surface area contributed by atoms with Gasteiger partial charge in [0.2, 0.25) is 5.91 Å². The first-order valence-electron chi connectivity index (χ1n) is 10.6. The zero-order valence-electron chi connectivity index (χ0n) is 18.7. The Hall–Kier alpha value is -3.63. The third-order valence-corrected chi connectivity index (χ3v) is 6.76. The first kappa shape index (κ1) is 25.0. The van der Waals surface area contributed by atoms with Gasteiger partial charge in [0.05, 0.1) is 12.1 Å². The molecule has 5 rings (SSSR count). The Morgan fingerprint density at radius 3 is 2.51 bits per heavy atom. The summed E-state index contributed by atoms with van der Waals surface area (Å²) in [5.74, 6) is -5.69. The molecule has 0 radical (unpaired) electrons. The summed E-state index contributed by atoms with van der Waals surface area (Å²) in [4.78, 5) is 29.8. The van der Waals surface area contributed by atoms with E-state index in [2.05, 4.69) is 47.8 Å². The number of fused-ring (bicyclic) bond motifs is 2. The minimum absolute atomic E-state index is 0.00468. The first-order valence-corrected chi connectivity index (χ1v) is 11.7. The third kappa shape index (κ3) is 4.10. The third-order valence-electron chi connectivity index (χ3n) is 6.04. The van der Waals surface area contributed by atoms with E-state index in [0.29, 0.717) is 11.1 Å². The zero-order chi connectivity index (χ0) is 26.8. The van der Waals surface area contributed by atoms with Crippen molar-refractivity contribution in [2.24, 2.45) is 0 Å². The monoisotopic (exact) mass is 630 g/mol. The lowest BCUT2D eigenvalue weighted by Crippen LogP contribution is -2.42. The van der Waals surface area contributed by atoms with Crippen molar-refractivity contribution in [3.05, 3.63) is 57.6 Å². The molecule has 0 aliphatic carbocycles. The van der Waals surface area contributed by atoms with Crippen LogP contribution in [-0.4, -0.2) is 48.9 Å². The highest BCUT2D eigenvalue weighted by Crippen LogP contribution is 2.45. The van der Waals surface area contributed by atoms with E-state index in [-0.39, 0.29) is 40.5 Å². The Balaban J connectivity index is 1.57. The number of carbonyl (C=O) groups is 1. The topological polar surface area (TPSA) is 123 Å². The van der Waals surface area contributed by atoms with Gasteiger partial charge < -0.3 is 20.8 Å². The molecular formula is C22H16F5IN8O. The van der Waals surface area contributed by atoms with Crippen molar-refractivity contribution in [3.63, 3.8) is 0 Å². The summed E-state index contributed by atoms with van der Waals surface area (Å²) in [6, 6.07) is 7.29. The van der Waals surface area contributed by atoms with Crippen LogP contribution < -0.4 is 16.4 Å². The number of aromatic nitrogens is 5. The Bertz CT molecular complexity index is 1540. The van der Waals surface area contributed by atoms with Crippen LogP contribution in [0.1, 0.15) is 18.1 Å². The van der Waals surface area contributed by atoms with Gasteiger partial charge >= 0.3 is 12.1 Å². The van der Waals surface area contributed by atoms with Crippen LogP contribution in [0.15, 0.2) is 42.9 Å². The van der Waals surface area contributed by atoms with Crippen LogP contribution in [0.3, 0.4) is 0 Å². The van der Waals surface area contributed by atoms with Gasteiger partial charge in [-0.15, -0.1) is 0 Å². The van der Waals surface area contributed by atoms with Crippen LogP contribution >= 0.6 is 22.6 Å². The second-order valence-electron chi connectivity index (χ2n) is 8.43. The van der Waals surface area contributed by atoms with Gasteiger partial charge in [0, 0.05) is 22.2 Å². The number of carbonyl (C=O) groups excluding carboxylic acids is 1. The highest BCUT2D eigenvalue weighted by atomic mass is 127. The van der Waals surface area contributed by atoms with Gasteiger partial charge in [-0.3, -0.25) is 4.79 Å². The average molecular weight is 630 g/mol. The molecule has 15 heteroatoms. The van der Waals surface area contributed by atoms with E-state index in [9.17, 15) is 26.7 Å². The summed E-state index contributed by atoms with van der Waals surface area (Å²) in [6.45, 7) is -0.0680. The molecule has 1 amide bonds. The van der Waals surface area contributed by atoms with Gasteiger partial charge in [-0.2, -0.15) is 22.0 Å². The van der Waals surface area contributed by atoms with E-state index in [0.717, 1.165) is 3.57 Å². The molecule has 1 unspecified atom stereocenters. The molecule has 0 fully saturated rings. The molecule has 3 aromatic heterocycles.